The standard InChI is InChI=1S/C24H18Cl2F3N5O4/c1-37-15-6-4-12(11-5-7-17(24(27,28)29)32-18(11)15)23-34-20(16(9-30)38-23)22(36)33-19(21(31)35)13-3-2-10(25)8-14(13)26/h2-8,19H,9,30H2,1H3,(H2,31,35)(H,33,36). The molecular formula is C24H18Cl2F3N5O4. The molecular weight excluding hydrogens is 550 g/mol. The number of pyridine rings is 1. The fourth-order valence-electron chi connectivity index (χ4n) is 3.72. The van der Waals surface area contributed by atoms with Gasteiger partial charge in [0.25, 0.3) is 5.91 Å². The molecule has 0 saturated carbocycles. The van der Waals surface area contributed by atoms with E-state index in [0.717, 1.165) is 6.07 Å². The molecule has 0 aliphatic carbocycles. The maximum absolute atomic E-state index is 13.3. The van der Waals surface area contributed by atoms with Crippen molar-refractivity contribution in [1.82, 2.24) is 15.3 Å². The highest BCUT2D eigenvalue weighted by Gasteiger charge is 2.33. The summed E-state index contributed by atoms with van der Waals surface area (Å²) in [5, 5.41) is 3.07. The fourth-order valence-corrected chi connectivity index (χ4v) is 4.24. The maximum atomic E-state index is 13.3. The average molecular weight is 568 g/mol. The third kappa shape index (κ3) is 5.23. The average Bonchev–Trinajstić information content (AvgIpc) is 3.30. The number of carbonyl (C=O) groups excluding carboxylic acids is 2. The number of oxazole rings is 1. The van der Waals surface area contributed by atoms with E-state index in [2.05, 4.69) is 15.3 Å². The Morgan fingerprint density at radius 3 is 2.47 bits per heavy atom. The van der Waals surface area contributed by atoms with Crippen LogP contribution in [0.4, 0.5) is 13.2 Å². The van der Waals surface area contributed by atoms with Crippen LogP contribution in [0.5, 0.6) is 5.75 Å². The zero-order valence-electron chi connectivity index (χ0n) is 19.4. The number of halogens is 5. The predicted octanol–water partition coefficient (Wildman–Crippen LogP) is 4.64. The fraction of sp³-hybridized carbons (Fsp3) is 0.167. The number of carbonyl (C=O) groups is 2. The van der Waals surface area contributed by atoms with Crippen LogP contribution in [0.1, 0.15) is 33.5 Å². The Morgan fingerprint density at radius 2 is 1.87 bits per heavy atom. The molecule has 2 aromatic heterocycles. The molecule has 5 N–H and O–H groups in total. The Morgan fingerprint density at radius 1 is 1.13 bits per heavy atom. The first kappa shape index (κ1) is 27.2. The second-order valence-corrected chi connectivity index (χ2v) is 8.72. The second kappa shape index (κ2) is 10.5. The third-order valence-electron chi connectivity index (χ3n) is 5.49. The van der Waals surface area contributed by atoms with Gasteiger partial charge in [0.05, 0.1) is 13.7 Å². The molecule has 14 heteroatoms. The van der Waals surface area contributed by atoms with E-state index >= 15 is 0 Å². The van der Waals surface area contributed by atoms with Crippen molar-refractivity contribution >= 4 is 45.9 Å². The van der Waals surface area contributed by atoms with E-state index in [9.17, 15) is 22.8 Å². The number of amides is 2. The van der Waals surface area contributed by atoms with E-state index in [4.69, 9.17) is 43.8 Å². The molecule has 0 spiro atoms. The van der Waals surface area contributed by atoms with E-state index in [0.29, 0.717) is 5.02 Å². The van der Waals surface area contributed by atoms with Crippen LogP contribution in [0.15, 0.2) is 46.9 Å². The molecule has 0 aliphatic heterocycles. The molecule has 4 rings (SSSR count). The van der Waals surface area contributed by atoms with Gasteiger partial charge in [-0.05, 0) is 36.4 Å². The Balaban J connectivity index is 1.76. The van der Waals surface area contributed by atoms with Crippen molar-refractivity contribution in [1.29, 1.82) is 0 Å². The van der Waals surface area contributed by atoms with Gasteiger partial charge < -0.3 is 25.9 Å². The maximum Gasteiger partial charge on any atom is 0.433 e. The number of hydrogen-bond donors (Lipinski definition) is 3. The SMILES string of the molecule is COc1ccc(-c2nc(C(=O)NC(C(N)=O)c3ccc(Cl)cc3Cl)c(CN)o2)c2ccc(C(F)(F)F)nc12. The number of hydrogen-bond acceptors (Lipinski definition) is 7. The van der Waals surface area contributed by atoms with Crippen molar-refractivity contribution in [3.63, 3.8) is 0 Å². The summed E-state index contributed by atoms with van der Waals surface area (Å²) in [6.07, 6.45) is -4.68. The number of nitrogens with two attached hydrogens (primary N) is 2. The van der Waals surface area contributed by atoms with Gasteiger partial charge in [0.2, 0.25) is 11.8 Å². The molecule has 0 radical (unpaired) electrons. The Kier molecular flexibility index (Phi) is 7.49. The number of benzene rings is 2. The molecule has 2 heterocycles. The first-order chi connectivity index (χ1) is 17.9. The van der Waals surface area contributed by atoms with Gasteiger partial charge in [-0.25, -0.2) is 9.97 Å². The van der Waals surface area contributed by atoms with Crippen LogP contribution in [0.3, 0.4) is 0 Å². The molecule has 2 aromatic carbocycles. The number of fused-ring (bicyclic) bond motifs is 1. The van der Waals surface area contributed by atoms with Crippen LogP contribution in [-0.4, -0.2) is 28.9 Å². The van der Waals surface area contributed by atoms with Crippen LogP contribution < -0.4 is 21.5 Å². The first-order valence-electron chi connectivity index (χ1n) is 10.7. The molecule has 2 amide bonds. The molecule has 38 heavy (non-hydrogen) atoms. The van der Waals surface area contributed by atoms with Gasteiger partial charge in [0, 0.05) is 26.6 Å². The van der Waals surface area contributed by atoms with Crippen molar-refractivity contribution in [2.24, 2.45) is 11.5 Å². The number of nitrogens with zero attached hydrogens (tertiary/aromatic N) is 2. The minimum absolute atomic E-state index is 0.0493. The topological polar surface area (TPSA) is 146 Å². The molecule has 9 nitrogen and oxygen atoms in total. The minimum Gasteiger partial charge on any atom is -0.494 e. The van der Waals surface area contributed by atoms with Gasteiger partial charge >= 0.3 is 6.18 Å². The summed E-state index contributed by atoms with van der Waals surface area (Å²) in [6, 6.07) is 7.82. The van der Waals surface area contributed by atoms with E-state index in [1.54, 1.807) is 0 Å². The summed E-state index contributed by atoms with van der Waals surface area (Å²) in [5.74, 6) is -1.85. The lowest BCUT2D eigenvalue weighted by molar-refractivity contribution is -0.141. The lowest BCUT2D eigenvalue weighted by atomic mass is 10.1. The van der Waals surface area contributed by atoms with Crippen molar-refractivity contribution in [2.75, 3.05) is 7.11 Å². The normalized spacial score (nSPS) is 12.4. The van der Waals surface area contributed by atoms with Crippen LogP contribution >= 0.6 is 23.2 Å². The highest BCUT2D eigenvalue weighted by atomic mass is 35.5. The molecule has 0 fully saturated rings. The molecule has 1 unspecified atom stereocenters. The van der Waals surface area contributed by atoms with Crippen molar-refractivity contribution < 1.29 is 31.9 Å². The smallest absolute Gasteiger partial charge is 0.433 e. The number of nitrogens with one attached hydrogen (secondary N) is 1. The highest BCUT2D eigenvalue weighted by molar-refractivity contribution is 6.35. The Labute approximate surface area is 222 Å². The number of aromatic nitrogens is 2. The summed E-state index contributed by atoms with van der Waals surface area (Å²) in [4.78, 5) is 33.2. The summed E-state index contributed by atoms with van der Waals surface area (Å²) >= 11 is 12.1. The van der Waals surface area contributed by atoms with Gasteiger partial charge in [0.1, 0.15) is 23.0 Å². The molecule has 0 aliphatic rings. The summed E-state index contributed by atoms with van der Waals surface area (Å²) in [7, 11) is 1.29. The second-order valence-electron chi connectivity index (χ2n) is 7.88. The zero-order chi connectivity index (χ0) is 27.8. The van der Waals surface area contributed by atoms with Gasteiger partial charge in [-0.15, -0.1) is 0 Å². The number of alkyl halides is 3. The quantitative estimate of drug-likeness (QED) is 0.294. The van der Waals surface area contributed by atoms with Crippen molar-refractivity contribution in [3.8, 4) is 17.2 Å². The van der Waals surface area contributed by atoms with E-state index in [1.165, 1.54) is 43.5 Å². The van der Waals surface area contributed by atoms with Crippen LogP contribution in [-0.2, 0) is 17.5 Å². The largest absolute Gasteiger partial charge is 0.494 e. The van der Waals surface area contributed by atoms with Gasteiger partial charge in [0.15, 0.2) is 11.5 Å². The molecule has 1 atom stereocenters. The van der Waals surface area contributed by atoms with E-state index < -0.39 is 29.7 Å². The van der Waals surface area contributed by atoms with Gasteiger partial charge in [-0.1, -0.05) is 29.3 Å². The number of rotatable bonds is 7. The molecule has 4 aromatic rings. The number of primary amides is 1. The summed E-state index contributed by atoms with van der Waals surface area (Å²) in [5.41, 5.74) is 10.2. The lowest BCUT2D eigenvalue weighted by Gasteiger charge is -2.17. The van der Waals surface area contributed by atoms with Crippen LogP contribution in [0, 0.1) is 0 Å². The van der Waals surface area contributed by atoms with Crippen molar-refractivity contribution in [3.05, 3.63) is 75.2 Å². The van der Waals surface area contributed by atoms with Gasteiger partial charge in [-0.2, -0.15) is 13.2 Å². The van der Waals surface area contributed by atoms with Crippen LogP contribution in [0.2, 0.25) is 10.0 Å². The van der Waals surface area contributed by atoms with Crippen LogP contribution in [0.25, 0.3) is 22.4 Å². The number of methoxy groups -OCH3 is 1. The first-order valence-corrected chi connectivity index (χ1v) is 11.5. The molecule has 198 valence electrons. The van der Waals surface area contributed by atoms with E-state index in [1.807, 2.05) is 0 Å². The summed E-state index contributed by atoms with van der Waals surface area (Å²) in [6.45, 7) is -0.261. The molecule has 0 bridgehead atoms. The summed E-state index contributed by atoms with van der Waals surface area (Å²) < 4.78 is 50.6. The third-order valence-corrected chi connectivity index (χ3v) is 6.05. The highest BCUT2D eigenvalue weighted by Crippen LogP contribution is 2.37. The van der Waals surface area contributed by atoms with Crippen molar-refractivity contribution in [2.45, 2.75) is 18.8 Å². The minimum atomic E-state index is -4.68. The van der Waals surface area contributed by atoms with E-state index in [-0.39, 0.29) is 56.7 Å². The number of ether oxygens (including phenoxy) is 1. The molecule has 0 saturated heterocycles. The zero-order valence-corrected chi connectivity index (χ0v) is 20.9. The predicted molar refractivity (Wildman–Crippen MR) is 133 cm³/mol. The van der Waals surface area contributed by atoms with Gasteiger partial charge in [-0.3, -0.25) is 9.59 Å². The Bertz CT molecular complexity index is 1560. The lowest BCUT2D eigenvalue weighted by Crippen LogP contribution is -2.38. The monoisotopic (exact) mass is 567 g/mol. The Hall–Kier alpha value is -3.87.